The van der Waals surface area contributed by atoms with Gasteiger partial charge in [0.1, 0.15) is 6.61 Å². The van der Waals surface area contributed by atoms with Crippen LogP contribution in [0.15, 0.2) is 24.3 Å². The highest BCUT2D eigenvalue weighted by Crippen LogP contribution is 2.19. The summed E-state index contributed by atoms with van der Waals surface area (Å²) in [6, 6.07) is 7.03. The molecular weight excluding hydrogens is 264 g/mol. The van der Waals surface area contributed by atoms with E-state index < -0.39 is 0 Å². The Balaban J connectivity index is 1.76. The maximum atomic E-state index is 11.7. The minimum atomic E-state index is -0.167. The molecule has 5 heteroatoms. The van der Waals surface area contributed by atoms with Crippen molar-refractivity contribution in [1.29, 1.82) is 0 Å². The highest BCUT2D eigenvalue weighted by Gasteiger charge is 2.22. The standard InChI is InChI=1S/C14H19ClN2O2/c15-10-5-7-11(8-6-10)17-14(18)9-19-13-4-2-1-3-12(13)16/h5-8,12-13H,1-4,9,16H2,(H,17,18). The maximum absolute atomic E-state index is 11.7. The lowest BCUT2D eigenvalue weighted by Crippen LogP contribution is -2.40. The van der Waals surface area contributed by atoms with Crippen LogP contribution in [-0.2, 0) is 9.53 Å². The van der Waals surface area contributed by atoms with E-state index in [4.69, 9.17) is 22.1 Å². The number of carbonyl (C=O) groups is 1. The van der Waals surface area contributed by atoms with E-state index in [2.05, 4.69) is 5.32 Å². The van der Waals surface area contributed by atoms with Crippen molar-refractivity contribution in [3.05, 3.63) is 29.3 Å². The second-order valence-corrected chi connectivity index (χ2v) is 5.29. The van der Waals surface area contributed by atoms with Crippen LogP contribution >= 0.6 is 11.6 Å². The summed E-state index contributed by atoms with van der Waals surface area (Å²) in [5.41, 5.74) is 6.68. The number of anilines is 1. The summed E-state index contributed by atoms with van der Waals surface area (Å²) in [4.78, 5) is 11.7. The van der Waals surface area contributed by atoms with Gasteiger partial charge >= 0.3 is 0 Å². The molecule has 0 bridgehead atoms. The predicted octanol–water partition coefficient (Wildman–Crippen LogP) is 2.57. The summed E-state index contributed by atoms with van der Waals surface area (Å²) in [6.07, 6.45) is 4.19. The number of ether oxygens (including phenoxy) is 1. The Morgan fingerprint density at radius 1 is 1.32 bits per heavy atom. The fourth-order valence-corrected chi connectivity index (χ4v) is 2.37. The van der Waals surface area contributed by atoms with Crippen LogP contribution in [0.25, 0.3) is 0 Å². The van der Waals surface area contributed by atoms with Crippen molar-refractivity contribution in [2.24, 2.45) is 5.73 Å². The molecule has 2 unspecified atom stereocenters. The monoisotopic (exact) mass is 282 g/mol. The van der Waals surface area contributed by atoms with Gasteiger partial charge < -0.3 is 15.8 Å². The lowest BCUT2D eigenvalue weighted by atomic mass is 9.93. The molecule has 1 aliphatic rings. The quantitative estimate of drug-likeness (QED) is 0.892. The van der Waals surface area contributed by atoms with Crippen molar-refractivity contribution in [1.82, 2.24) is 0 Å². The molecule has 1 aromatic rings. The zero-order valence-electron chi connectivity index (χ0n) is 10.8. The molecule has 0 heterocycles. The molecule has 1 aliphatic carbocycles. The van der Waals surface area contributed by atoms with Crippen molar-refractivity contribution < 1.29 is 9.53 Å². The summed E-state index contributed by atoms with van der Waals surface area (Å²) < 4.78 is 5.59. The number of hydrogen-bond donors (Lipinski definition) is 2. The second kappa shape index (κ2) is 6.89. The van der Waals surface area contributed by atoms with Crippen LogP contribution in [-0.4, -0.2) is 24.7 Å². The number of halogens is 1. The maximum Gasteiger partial charge on any atom is 0.250 e. The first-order chi connectivity index (χ1) is 9.15. The third-order valence-electron chi connectivity index (χ3n) is 3.31. The Bertz CT molecular complexity index is 422. The Hall–Kier alpha value is -1.10. The van der Waals surface area contributed by atoms with Crippen LogP contribution in [0.2, 0.25) is 5.02 Å². The van der Waals surface area contributed by atoms with Crippen LogP contribution in [0.4, 0.5) is 5.69 Å². The molecule has 0 aromatic heterocycles. The minimum Gasteiger partial charge on any atom is -0.367 e. The number of amides is 1. The number of carbonyl (C=O) groups excluding carboxylic acids is 1. The largest absolute Gasteiger partial charge is 0.367 e. The lowest BCUT2D eigenvalue weighted by molar-refractivity contribution is -0.123. The van der Waals surface area contributed by atoms with Crippen LogP contribution in [0.1, 0.15) is 25.7 Å². The highest BCUT2D eigenvalue weighted by atomic mass is 35.5. The molecule has 4 nitrogen and oxygen atoms in total. The molecule has 3 N–H and O–H groups in total. The molecule has 0 saturated heterocycles. The highest BCUT2D eigenvalue weighted by molar-refractivity contribution is 6.30. The third-order valence-corrected chi connectivity index (χ3v) is 3.56. The molecule has 104 valence electrons. The fourth-order valence-electron chi connectivity index (χ4n) is 2.25. The van der Waals surface area contributed by atoms with Gasteiger partial charge in [0, 0.05) is 16.8 Å². The van der Waals surface area contributed by atoms with Crippen molar-refractivity contribution in [3.8, 4) is 0 Å². The van der Waals surface area contributed by atoms with Gasteiger partial charge in [0.05, 0.1) is 6.10 Å². The van der Waals surface area contributed by atoms with Gasteiger partial charge in [-0.3, -0.25) is 4.79 Å². The van der Waals surface area contributed by atoms with Crippen LogP contribution in [0.5, 0.6) is 0 Å². The summed E-state index contributed by atoms with van der Waals surface area (Å²) in [5, 5.41) is 3.40. The van der Waals surface area contributed by atoms with Gasteiger partial charge in [0.25, 0.3) is 0 Å². The zero-order valence-corrected chi connectivity index (χ0v) is 11.5. The molecule has 1 amide bonds. The minimum absolute atomic E-state index is 0.00437. The Morgan fingerprint density at radius 3 is 2.68 bits per heavy atom. The SMILES string of the molecule is NC1CCCCC1OCC(=O)Nc1ccc(Cl)cc1. The molecule has 1 saturated carbocycles. The molecule has 0 spiro atoms. The van der Waals surface area contributed by atoms with Crippen molar-refractivity contribution in [2.75, 3.05) is 11.9 Å². The van der Waals surface area contributed by atoms with Gasteiger partial charge in [0.2, 0.25) is 5.91 Å². The van der Waals surface area contributed by atoms with E-state index in [9.17, 15) is 4.79 Å². The first kappa shape index (κ1) is 14.3. The summed E-state index contributed by atoms with van der Waals surface area (Å²) in [7, 11) is 0. The van der Waals surface area contributed by atoms with Gasteiger partial charge in [0.15, 0.2) is 0 Å². The number of benzene rings is 1. The molecule has 1 fully saturated rings. The lowest BCUT2D eigenvalue weighted by Gasteiger charge is -2.28. The smallest absolute Gasteiger partial charge is 0.250 e. The van der Waals surface area contributed by atoms with E-state index in [1.165, 1.54) is 0 Å². The van der Waals surface area contributed by atoms with Crippen molar-refractivity contribution >= 4 is 23.2 Å². The normalized spacial score (nSPS) is 23.1. The predicted molar refractivity (Wildman–Crippen MR) is 76.3 cm³/mol. The Kier molecular flexibility index (Phi) is 5.19. The second-order valence-electron chi connectivity index (χ2n) is 4.85. The summed E-state index contributed by atoms with van der Waals surface area (Å²) >= 11 is 5.78. The molecule has 0 aliphatic heterocycles. The number of nitrogens with two attached hydrogens (primary N) is 1. The van der Waals surface area contributed by atoms with Gasteiger partial charge in [-0.05, 0) is 37.1 Å². The summed E-state index contributed by atoms with van der Waals surface area (Å²) in [5.74, 6) is -0.167. The van der Waals surface area contributed by atoms with Gasteiger partial charge in [-0.25, -0.2) is 0 Å². The average molecular weight is 283 g/mol. The van der Waals surface area contributed by atoms with Gasteiger partial charge in [-0.1, -0.05) is 24.4 Å². The topological polar surface area (TPSA) is 64.3 Å². The molecule has 1 aromatic carbocycles. The van der Waals surface area contributed by atoms with Crippen molar-refractivity contribution in [2.45, 2.75) is 37.8 Å². The van der Waals surface area contributed by atoms with Gasteiger partial charge in [-0.15, -0.1) is 0 Å². The molecule has 2 rings (SSSR count). The van der Waals surface area contributed by atoms with E-state index in [0.29, 0.717) is 10.7 Å². The molecule has 0 radical (unpaired) electrons. The van der Waals surface area contributed by atoms with E-state index in [-0.39, 0.29) is 24.7 Å². The van der Waals surface area contributed by atoms with Crippen LogP contribution in [0.3, 0.4) is 0 Å². The molecule has 19 heavy (non-hydrogen) atoms. The fraction of sp³-hybridized carbons (Fsp3) is 0.500. The number of nitrogens with one attached hydrogen (secondary N) is 1. The number of rotatable bonds is 4. The average Bonchev–Trinajstić information content (AvgIpc) is 2.40. The summed E-state index contributed by atoms with van der Waals surface area (Å²) in [6.45, 7) is 0.0427. The van der Waals surface area contributed by atoms with Crippen LogP contribution < -0.4 is 11.1 Å². The Morgan fingerprint density at radius 2 is 2.00 bits per heavy atom. The first-order valence-electron chi connectivity index (χ1n) is 6.58. The zero-order chi connectivity index (χ0) is 13.7. The Labute approximate surface area is 118 Å². The van der Waals surface area contributed by atoms with E-state index in [1.807, 2.05) is 0 Å². The van der Waals surface area contributed by atoms with E-state index in [0.717, 1.165) is 25.7 Å². The third kappa shape index (κ3) is 4.49. The molecular formula is C14H19ClN2O2. The van der Waals surface area contributed by atoms with E-state index >= 15 is 0 Å². The molecule has 2 atom stereocenters. The van der Waals surface area contributed by atoms with Gasteiger partial charge in [-0.2, -0.15) is 0 Å². The van der Waals surface area contributed by atoms with E-state index in [1.54, 1.807) is 24.3 Å². The van der Waals surface area contributed by atoms with Crippen LogP contribution in [0, 0.1) is 0 Å². The first-order valence-corrected chi connectivity index (χ1v) is 6.95. The van der Waals surface area contributed by atoms with Crippen molar-refractivity contribution in [3.63, 3.8) is 0 Å². The number of hydrogen-bond acceptors (Lipinski definition) is 3.